The van der Waals surface area contributed by atoms with E-state index in [4.69, 9.17) is 0 Å². The number of rotatable bonds is 6. The van der Waals surface area contributed by atoms with Crippen LogP contribution in [0.2, 0.25) is 0 Å². The molecule has 4 heteroatoms. The van der Waals surface area contributed by atoms with E-state index in [0.29, 0.717) is 6.42 Å². The largest absolute Gasteiger partial charge is 0.358 e. The number of hydrogen-bond donors (Lipinski definition) is 1. The van der Waals surface area contributed by atoms with Crippen LogP contribution in [-0.2, 0) is 6.42 Å². The molecule has 0 fully saturated rings. The van der Waals surface area contributed by atoms with Crippen molar-refractivity contribution in [3.05, 3.63) is 115 Å². The average Bonchev–Trinajstić information content (AvgIpc) is 2.75. The summed E-state index contributed by atoms with van der Waals surface area (Å²) in [4.78, 5) is 8.67. The summed E-state index contributed by atoms with van der Waals surface area (Å²) < 4.78 is 13.4. The second kappa shape index (κ2) is 8.70. The van der Waals surface area contributed by atoms with Crippen molar-refractivity contribution in [1.29, 1.82) is 0 Å². The van der Waals surface area contributed by atoms with Gasteiger partial charge in [0.1, 0.15) is 5.82 Å². The normalized spacial score (nSPS) is 10.6. The summed E-state index contributed by atoms with van der Waals surface area (Å²) in [6, 6.07) is 22.8. The van der Waals surface area contributed by atoms with Crippen LogP contribution in [0.4, 0.5) is 10.1 Å². The number of aryl methyl sites for hydroxylation is 1. The van der Waals surface area contributed by atoms with Gasteiger partial charge in [-0.15, -0.1) is 0 Å². The van der Waals surface area contributed by atoms with Gasteiger partial charge < -0.3 is 5.32 Å². The third-order valence-electron chi connectivity index (χ3n) is 4.81. The van der Waals surface area contributed by atoms with Crippen molar-refractivity contribution in [2.24, 2.45) is 0 Å². The molecule has 0 radical (unpaired) electrons. The van der Waals surface area contributed by atoms with Crippen molar-refractivity contribution in [2.75, 3.05) is 5.32 Å². The summed E-state index contributed by atoms with van der Waals surface area (Å²) in [5.41, 5.74) is 7.72. The standard InChI is InChI=1S/C26H22FN3/c1-18-15-22(12-13-28-18)21-8-6-20(7-9-21)14-19(2)30-25-10-11-26(29-17-25)23-4-3-5-24(27)16-23/h3-13,15-17,30H,2,14H2,1H3. The van der Waals surface area contributed by atoms with E-state index in [1.54, 1.807) is 12.3 Å². The maximum absolute atomic E-state index is 13.4. The van der Waals surface area contributed by atoms with Gasteiger partial charge >= 0.3 is 0 Å². The Morgan fingerprint density at radius 3 is 2.43 bits per heavy atom. The molecule has 0 spiro atoms. The fraction of sp³-hybridized carbons (Fsp3) is 0.0769. The summed E-state index contributed by atoms with van der Waals surface area (Å²) in [5, 5.41) is 3.29. The van der Waals surface area contributed by atoms with Crippen molar-refractivity contribution < 1.29 is 4.39 Å². The second-order valence-corrected chi connectivity index (χ2v) is 7.23. The number of anilines is 1. The molecule has 3 nitrogen and oxygen atoms in total. The van der Waals surface area contributed by atoms with Gasteiger partial charge in [-0.25, -0.2) is 4.39 Å². The molecule has 148 valence electrons. The second-order valence-electron chi connectivity index (χ2n) is 7.23. The van der Waals surface area contributed by atoms with Crippen LogP contribution in [0.5, 0.6) is 0 Å². The van der Waals surface area contributed by atoms with Crippen LogP contribution in [-0.4, -0.2) is 9.97 Å². The van der Waals surface area contributed by atoms with Gasteiger partial charge in [0.15, 0.2) is 0 Å². The molecule has 0 saturated carbocycles. The highest BCUT2D eigenvalue weighted by molar-refractivity contribution is 5.64. The van der Waals surface area contributed by atoms with Crippen LogP contribution >= 0.6 is 0 Å². The summed E-state index contributed by atoms with van der Waals surface area (Å²) >= 11 is 0. The van der Waals surface area contributed by atoms with E-state index in [0.717, 1.165) is 33.9 Å². The highest BCUT2D eigenvalue weighted by Gasteiger charge is 2.04. The fourth-order valence-electron chi connectivity index (χ4n) is 3.32. The molecule has 0 aliphatic rings. The quantitative estimate of drug-likeness (QED) is 0.409. The van der Waals surface area contributed by atoms with Crippen molar-refractivity contribution in [3.63, 3.8) is 0 Å². The first-order valence-corrected chi connectivity index (χ1v) is 9.75. The SMILES string of the molecule is C=C(Cc1ccc(-c2ccnc(C)c2)cc1)Nc1ccc(-c2cccc(F)c2)nc1. The molecule has 2 aromatic heterocycles. The van der Waals surface area contributed by atoms with Crippen LogP contribution in [0.3, 0.4) is 0 Å². The van der Waals surface area contributed by atoms with E-state index in [2.05, 4.69) is 52.2 Å². The van der Waals surface area contributed by atoms with Gasteiger partial charge in [0.2, 0.25) is 0 Å². The molecule has 2 heterocycles. The first-order valence-electron chi connectivity index (χ1n) is 9.75. The van der Waals surface area contributed by atoms with E-state index in [1.807, 2.05) is 37.4 Å². The fourth-order valence-corrected chi connectivity index (χ4v) is 3.32. The Morgan fingerprint density at radius 1 is 0.900 bits per heavy atom. The van der Waals surface area contributed by atoms with Gasteiger partial charge in [-0.3, -0.25) is 9.97 Å². The molecular formula is C26H22FN3. The number of hydrogen-bond acceptors (Lipinski definition) is 3. The van der Waals surface area contributed by atoms with Crippen molar-refractivity contribution in [1.82, 2.24) is 9.97 Å². The molecule has 2 aromatic carbocycles. The Bertz CT molecular complexity index is 1070. The zero-order valence-electron chi connectivity index (χ0n) is 16.8. The maximum atomic E-state index is 13.4. The minimum Gasteiger partial charge on any atom is -0.358 e. The topological polar surface area (TPSA) is 37.8 Å². The van der Waals surface area contributed by atoms with Crippen molar-refractivity contribution in [2.45, 2.75) is 13.3 Å². The van der Waals surface area contributed by atoms with Gasteiger partial charge in [0, 0.05) is 29.6 Å². The highest BCUT2D eigenvalue weighted by atomic mass is 19.1. The molecule has 0 aliphatic heterocycles. The molecule has 0 aliphatic carbocycles. The molecule has 0 saturated heterocycles. The Morgan fingerprint density at radius 2 is 1.73 bits per heavy atom. The molecule has 0 amide bonds. The Kier molecular flexibility index (Phi) is 5.66. The number of allylic oxidation sites excluding steroid dienone is 1. The molecular weight excluding hydrogens is 373 g/mol. The van der Waals surface area contributed by atoms with Crippen molar-refractivity contribution >= 4 is 5.69 Å². The summed E-state index contributed by atoms with van der Waals surface area (Å²) in [5.74, 6) is -0.269. The van der Waals surface area contributed by atoms with Gasteiger partial charge in [0.05, 0.1) is 17.6 Å². The van der Waals surface area contributed by atoms with Crippen molar-refractivity contribution in [3.8, 4) is 22.4 Å². The molecule has 4 rings (SSSR count). The van der Waals surface area contributed by atoms with E-state index in [-0.39, 0.29) is 5.82 Å². The lowest BCUT2D eigenvalue weighted by Gasteiger charge is -2.11. The molecule has 1 N–H and O–H groups in total. The van der Waals surface area contributed by atoms with Crippen LogP contribution in [0.15, 0.2) is 97.5 Å². The number of nitrogens with zero attached hydrogens (tertiary/aromatic N) is 2. The molecule has 4 aromatic rings. The van der Waals surface area contributed by atoms with E-state index >= 15 is 0 Å². The van der Waals surface area contributed by atoms with Gasteiger partial charge in [-0.1, -0.05) is 43.0 Å². The summed E-state index contributed by atoms with van der Waals surface area (Å²) in [6.45, 7) is 6.13. The number of aromatic nitrogens is 2. The van der Waals surface area contributed by atoms with Gasteiger partial charge in [0.25, 0.3) is 0 Å². The molecule has 0 atom stereocenters. The van der Waals surface area contributed by atoms with Crippen LogP contribution in [0.25, 0.3) is 22.4 Å². The lowest BCUT2D eigenvalue weighted by atomic mass is 10.0. The highest BCUT2D eigenvalue weighted by Crippen LogP contribution is 2.22. The lowest BCUT2D eigenvalue weighted by Crippen LogP contribution is -2.02. The monoisotopic (exact) mass is 395 g/mol. The Hall–Kier alpha value is -3.79. The third-order valence-corrected chi connectivity index (χ3v) is 4.81. The summed E-state index contributed by atoms with van der Waals surface area (Å²) in [6.07, 6.45) is 4.28. The van der Waals surface area contributed by atoms with Gasteiger partial charge in [-0.05, 0) is 60.0 Å². The average molecular weight is 395 g/mol. The minimum absolute atomic E-state index is 0.269. The Labute approximate surface area is 176 Å². The number of benzene rings is 2. The predicted molar refractivity (Wildman–Crippen MR) is 121 cm³/mol. The molecule has 0 bridgehead atoms. The first-order chi connectivity index (χ1) is 14.6. The van der Waals surface area contributed by atoms with E-state index in [9.17, 15) is 4.39 Å². The minimum atomic E-state index is -0.269. The number of halogens is 1. The first kappa shape index (κ1) is 19.5. The van der Waals surface area contributed by atoms with Crippen LogP contribution < -0.4 is 5.32 Å². The smallest absolute Gasteiger partial charge is 0.123 e. The lowest BCUT2D eigenvalue weighted by molar-refractivity contribution is 0.628. The zero-order valence-corrected chi connectivity index (χ0v) is 16.8. The maximum Gasteiger partial charge on any atom is 0.123 e. The molecule has 0 unspecified atom stereocenters. The van der Waals surface area contributed by atoms with Gasteiger partial charge in [-0.2, -0.15) is 0 Å². The predicted octanol–water partition coefficient (Wildman–Crippen LogP) is 6.43. The van der Waals surface area contributed by atoms with E-state index in [1.165, 1.54) is 23.3 Å². The third kappa shape index (κ3) is 4.78. The van der Waals surface area contributed by atoms with E-state index < -0.39 is 0 Å². The molecule has 30 heavy (non-hydrogen) atoms. The van der Waals surface area contributed by atoms with Crippen LogP contribution in [0.1, 0.15) is 11.3 Å². The number of pyridine rings is 2. The summed E-state index contributed by atoms with van der Waals surface area (Å²) in [7, 11) is 0. The van der Waals surface area contributed by atoms with Crippen LogP contribution in [0, 0.1) is 12.7 Å². The Balaban J connectivity index is 1.38. The zero-order chi connectivity index (χ0) is 20.9. The number of nitrogens with one attached hydrogen (secondary N) is 1.